The van der Waals surface area contributed by atoms with Crippen LogP contribution in [0.4, 0.5) is 10.9 Å². The average Bonchev–Trinajstić information content (AvgIpc) is 3.17. The topological polar surface area (TPSA) is 78.4 Å². The molecule has 2 aliphatic heterocycles. The third kappa shape index (κ3) is 3.36. The first-order valence-corrected chi connectivity index (χ1v) is 10.1. The van der Waals surface area contributed by atoms with Gasteiger partial charge in [0.2, 0.25) is 0 Å². The van der Waals surface area contributed by atoms with Crippen molar-refractivity contribution in [2.75, 3.05) is 23.7 Å². The molecule has 1 saturated heterocycles. The Morgan fingerprint density at radius 1 is 1.15 bits per heavy atom. The molecule has 0 amide bonds. The van der Waals surface area contributed by atoms with Gasteiger partial charge < -0.3 is 10.6 Å². The minimum absolute atomic E-state index is 0. The summed E-state index contributed by atoms with van der Waals surface area (Å²) in [5, 5.41) is 9.39. The van der Waals surface area contributed by atoms with Gasteiger partial charge in [0.05, 0.1) is 10.6 Å². The second kappa shape index (κ2) is 7.60. The Balaban J connectivity index is 0.00000210. The third-order valence-corrected chi connectivity index (χ3v) is 6.39. The first-order chi connectivity index (χ1) is 12.5. The molecule has 0 spiro atoms. The van der Waals surface area contributed by atoms with E-state index in [0.29, 0.717) is 17.6 Å². The monoisotopic (exact) mass is 403 g/mol. The van der Waals surface area contributed by atoms with Gasteiger partial charge in [0.15, 0.2) is 11.0 Å². The summed E-state index contributed by atoms with van der Waals surface area (Å²) in [5.41, 5.74) is 11.5. The van der Waals surface area contributed by atoms with Gasteiger partial charge in [0.1, 0.15) is 5.82 Å². The molecule has 5 nitrogen and oxygen atoms in total. The van der Waals surface area contributed by atoms with Gasteiger partial charge in [-0.05, 0) is 43.2 Å². The molecule has 27 heavy (non-hydrogen) atoms. The molecule has 144 valence electrons. The van der Waals surface area contributed by atoms with Crippen LogP contribution < -0.4 is 10.6 Å². The predicted molar refractivity (Wildman–Crippen MR) is 118 cm³/mol. The molecule has 4 rings (SSSR count). The molecule has 0 aliphatic carbocycles. The summed E-state index contributed by atoms with van der Waals surface area (Å²) in [5.74, 6) is 1.23. The van der Waals surface area contributed by atoms with Gasteiger partial charge in [-0.1, -0.05) is 37.3 Å². The van der Waals surface area contributed by atoms with Crippen LogP contribution in [0.15, 0.2) is 17.1 Å². The van der Waals surface area contributed by atoms with E-state index in [9.17, 15) is 0 Å². The quantitative estimate of drug-likeness (QED) is 0.776. The number of aromatic nitrogens is 1. The molecule has 0 unspecified atom stereocenters. The van der Waals surface area contributed by atoms with Crippen molar-refractivity contribution in [1.82, 2.24) is 4.98 Å². The zero-order chi connectivity index (χ0) is 18.4. The number of nitrogens with zero attached hydrogens (tertiary/aromatic N) is 3. The maximum Gasteiger partial charge on any atom is 0.187 e. The van der Waals surface area contributed by atoms with Crippen molar-refractivity contribution in [3.63, 3.8) is 0 Å². The van der Waals surface area contributed by atoms with Gasteiger partial charge in [-0.3, -0.25) is 5.41 Å². The molecule has 1 fully saturated rings. The van der Waals surface area contributed by atoms with Crippen molar-refractivity contribution in [2.45, 2.75) is 46.0 Å². The van der Waals surface area contributed by atoms with Crippen LogP contribution in [-0.2, 0) is 0 Å². The van der Waals surface area contributed by atoms with Crippen LogP contribution >= 0.6 is 23.7 Å². The molecule has 0 bridgehead atoms. The number of nitrogens with one attached hydrogen (secondary N) is 1. The maximum atomic E-state index is 8.41. The molecule has 0 radical (unpaired) electrons. The highest BCUT2D eigenvalue weighted by Gasteiger charge is 2.31. The fourth-order valence-corrected chi connectivity index (χ4v) is 4.90. The highest BCUT2D eigenvalue weighted by atomic mass is 35.5. The number of aryl methyl sites for hydroxylation is 1. The van der Waals surface area contributed by atoms with Crippen molar-refractivity contribution in [3.8, 4) is 0 Å². The first-order valence-electron chi connectivity index (χ1n) is 9.30. The predicted octanol–water partition coefficient (Wildman–Crippen LogP) is 4.75. The average molecular weight is 404 g/mol. The number of rotatable bonds is 3. The largest absolute Gasteiger partial charge is 0.382 e. The number of anilines is 2. The molecule has 3 heterocycles. The number of piperidine rings is 1. The number of aliphatic imine (C=N–C) groups is 1. The molecular weight excluding hydrogens is 378 g/mol. The van der Waals surface area contributed by atoms with Gasteiger partial charge in [-0.2, -0.15) is 0 Å². The van der Waals surface area contributed by atoms with E-state index in [1.807, 2.05) is 6.92 Å². The lowest BCUT2D eigenvalue weighted by molar-refractivity contribution is 0.577. The molecule has 7 heteroatoms. The summed E-state index contributed by atoms with van der Waals surface area (Å²) in [6, 6.07) is 4.26. The zero-order valence-electron chi connectivity index (χ0n) is 16.0. The maximum absolute atomic E-state index is 8.41. The Morgan fingerprint density at radius 3 is 2.52 bits per heavy atom. The summed E-state index contributed by atoms with van der Waals surface area (Å²) < 4.78 is 0. The fourth-order valence-electron chi connectivity index (χ4n) is 3.86. The molecule has 1 aromatic carbocycles. The van der Waals surface area contributed by atoms with E-state index in [2.05, 4.69) is 40.9 Å². The number of amidine groups is 1. The van der Waals surface area contributed by atoms with E-state index >= 15 is 0 Å². The van der Waals surface area contributed by atoms with E-state index in [4.69, 9.17) is 11.1 Å². The number of nitrogens with two attached hydrogens (primary N) is 1. The Bertz CT molecular complexity index is 909. The molecular formula is C20H26ClN5S. The second-order valence-electron chi connectivity index (χ2n) is 7.44. The molecule has 0 atom stereocenters. The van der Waals surface area contributed by atoms with Crippen LogP contribution in [0.25, 0.3) is 0 Å². The summed E-state index contributed by atoms with van der Waals surface area (Å²) >= 11 is 1.62. The summed E-state index contributed by atoms with van der Waals surface area (Å²) in [6.07, 6.45) is 3.71. The highest BCUT2D eigenvalue weighted by molar-refractivity contribution is 7.18. The van der Waals surface area contributed by atoms with Gasteiger partial charge in [0.25, 0.3) is 0 Å². The van der Waals surface area contributed by atoms with Crippen LogP contribution in [0.1, 0.15) is 66.2 Å². The van der Waals surface area contributed by atoms with E-state index in [1.165, 1.54) is 24.8 Å². The Labute approximate surface area is 170 Å². The van der Waals surface area contributed by atoms with Crippen molar-refractivity contribution in [2.24, 2.45) is 4.99 Å². The van der Waals surface area contributed by atoms with Crippen LogP contribution in [0.2, 0.25) is 0 Å². The number of hydrogen-bond acceptors (Lipinski definition) is 5. The SMILES string of the molecule is Cc1ccc(C(C)C)c2c1C(=N)N=C2c1sc(N2CCCCC2)nc1N.Cl. The number of thiazole rings is 1. The van der Waals surface area contributed by atoms with Crippen LogP contribution in [0, 0.1) is 12.3 Å². The van der Waals surface area contributed by atoms with Crippen molar-refractivity contribution in [3.05, 3.63) is 39.3 Å². The van der Waals surface area contributed by atoms with Crippen molar-refractivity contribution < 1.29 is 0 Å². The number of nitrogen functional groups attached to an aromatic ring is 1. The minimum Gasteiger partial charge on any atom is -0.382 e. The van der Waals surface area contributed by atoms with Crippen molar-refractivity contribution >= 4 is 46.2 Å². The summed E-state index contributed by atoms with van der Waals surface area (Å²) in [7, 11) is 0. The van der Waals surface area contributed by atoms with Crippen LogP contribution in [0.3, 0.4) is 0 Å². The Morgan fingerprint density at radius 2 is 1.85 bits per heavy atom. The molecule has 0 saturated carbocycles. The van der Waals surface area contributed by atoms with E-state index < -0.39 is 0 Å². The highest BCUT2D eigenvalue weighted by Crippen LogP contribution is 2.38. The number of hydrogen-bond donors (Lipinski definition) is 2. The summed E-state index contributed by atoms with van der Waals surface area (Å²) in [4.78, 5) is 12.5. The van der Waals surface area contributed by atoms with E-state index in [-0.39, 0.29) is 12.4 Å². The van der Waals surface area contributed by atoms with Crippen LogP contribution in [-0.4, -0.2) is 29.6 Å². The van der Waals surface area contributed by atoms with E-state index in [0.717, 1.165) is 45.5 Å². The molecule has 2 aromatic rings. The van der Waals surface area contributed by atoms with Crippen LogP contribution in [0.5, 0.6) is 0 Å². The Hall–Kier alpha value is -1.92. The van der Waals surface area contributed by atoms with Gasteiger partial charge >= 0.3 is 0 Å². The normalized spacial score (nSPS) is 16.4. The first kappa shape index (κ1) is 19.8. The molecule has 3 N–H and O–H groups in total. The lowest BCUT2D eigenvalue weighted by atomic mass is 9.89. The number of benzene rings is 1. The number of fused-ring (bicyclic) bond motifs is 1. The fraction of sp³-hybridized carbons (Fsp3) is 0.450. The standard InChI is InChI=1S/C20H25N5S.ClH/c1-11(2)13-8-7-12(3)14-15(13)16(23-18(14)21)17-19(22)24-20(26-17)25-9-5-4-6-10-25;/h7-8,11,21H,4-6,9-10,22H2,1-3H3;1H. The lowest BCUT2D eigenvalue weighted by Gasteiger charge is -2.25. The molecule has 1 aromatic heterocycles. The molecule has 2 aliphatic rings. The Kier molecular flexibility index (Phi) is 5.58. The third-order valence-electron chi connectivity index (χ3n) is 5.25. The second-order valence-corrected chi connectivity index (χ2v) is 8.42. The summed E-state index contributed by atoms with van der Waals surface area (Å²) in [6.45, 7) is 8.49. The smallest absolute Gasteiger partial charge is 0.187 e. The number of halogens is 1. The lowest BCUT2D eigenvalue weighted by Crippen LogP contribution is -2.29. The minimum atomic E-state index is 0. The van der Waals surface area contributed by atoms with Crippen molar-refractivity contribution in [1.29, 1.82) is 5.41 Å². The van der Waals surface area contributed by atoms with Gasteiger partial charge in [0, 0.05) is 24.2 Å². The van der Waals surface area contributed by atoms with Gasteiger partial charge in [-0.25, -0.2) is 9.98 Å². The van der Waals surface area contributed by atoms with Gasteiger partial charge in [-0.15, -0.1) is 12.4 Å². The van der Waals surface area contributed by atoms with E-state index in [1.54, 1.807) is 11.3 Å². The zero-order valence-corrected chi connectivity index (χ0v) is 17.6.